The Balaban J connectivity index is 1.40. The van der Waals surface area contributed by atoms with Crippen molar-refractivity contribution in [3.8, 4) is 11.5 Å². The number of hydrogen-bond acceptors (Lipinski definition) is 4. The maximum Gasteiger partial charge on any atom is 0.323 e. The minimum Gasteiger partial charge on any atom is -0.491 e. The molecule has 1 heterocycles. The largest absolute Gasteiger partial charge is 0.491 e. The van der Waals surface area contributed by atoms with E-state index in [1.54, 1.807) is 0 Å². The van der Waals surface area contributed by atoms with Crippen molar-refractivity contribution in [2.75, 3.05) is 6.54 Å². The molecule has 1 atom stereocenters. The summed E-state index contributed by atoms with van der Waals surface area (Å²) in [4.78, 5) is 26.1. The van der Waals surface area contributed by atoms with E-state index < -0.39 is 5.97 Å². The van der Waals surface area contributed by atoms with Crippen LogP contribution >= 0.6 is 11.6 Å². The van der Waals surface area contributed by atoms with E-state index in [2.05, 4.69) is 13.0 Å². The van der Waals surface area contributed by atoms with Gasteiger partial charge in [-0.05, 0) is 68.1 Å². The molecule has 0 spiro atoms. The number of carboxylic acid groups (broad SMARTS) is 1. The number of benzene rings is 3. The summed E-state index contributed by atoms with van der Waals surface area (Å²) in [5, 5.41) is 10.2. The summed E-state index contributed by atoms with van der Waals surface area (Å²) in [6.45, 7) is 5.78. The Morgan fingerprint density at radius 3 is 2.50 bits per heavy atom. The summed E-state index contributed by atoms with van der Waals surface area (Å²) in [6.07, 6.45) is 2.22. The predicted molar refractivity (Wildman–Crippen MR) is 148 cm³/mol. The molecule has 1 amide bonds. The quantitative estimate of drug-likeness (QED) is 0.320. The highest BCUT2D eigenvalue weighted by Gasteiger charge is 2.35. The predicted octanol–water partition coefficient (Wildman–Crippen LogP) is 6.11. The van der Waals surface area contributed by atoms with E-state index in [4.69, 9.17) is 21.1 Å². The molecule has 0 aliphatic carbocycles. The summed E-state index contributed by atoms with van der Waals surface area (Å²) in [5.41, 5.74) is 3.73. The summed E-state index contributed by atoms with van der Waals surface area (Å²) >= 11 is 6.02. The van der Waals surface area contributed by atoms with Crippen LogP contribution in [-0.2, 0) is 35.4 Å². The number of ether oxygens (including phenoxy) is 2. The molecule has 6 nitrogen and oxygen atoms in total. The zero-order chi connectivity index (χ0) is 27.3. The SMILES string of the molecule is CC(C)Oc1ccccc1CN(CC(=O)O)C(=O)CCc1ccc2c(c1)C[C@@](C)(Cc1ccc(Cl)cc1)O2. The molecule has 1 N–H and O–H groups in total. The summed E-state index contributed by atoms with van der Waals surface area (Å²) in [7, 11) is 0. The first-order valence-corrected chi connectivity index (χ1v) is 13.3. The van der Waals surface area contributed by atoms with E-state index in [1.165, 1.54) is 4.90 Å². The smallest absolute Gasteiger partial charge is 0.323 e. The van der Waals surface area contributed by atoms with Crippen molar-refractivity contribution in [2.45, 2.75) is 64.7 Å². The number of carbonyl (C=O) groups is 2. The van der Waals surface area contributed by atoms with Gasteiger partial charge in [-0.1, -0.05) is 54.1 Å². The summed E-state index contributed by atoms with van der Waals surface area (Å²) < 4.78 is 12.2. The number of fused-ring (bicyclic) bond motifs is 1. The van der Waals surface area contributed by atoms with Crippen LogP contribution in [0.25, 0.3) is 0 Å². The monoisotopic (exact) mass is 535 g/mol. The molecule has 1 aliphatic heterocycles. The second-order valence-electron chi connectivity index (χ2n) is 10.4. The lowest BCUT2D eigenvalue weighted by atomic mass is 9.91. The third-order valence-electron chi connectivity index (χ3n) is 6.54. The van der Waals surface area contributed by atoms with Gasteiger partial charge in [0.2, 0.25) is 5.91 Å². The van der Waals surface area contributed by atoms with Crippen LogP contribution in [0.4, 0.5) is 0 Å². The molecular weight excluding hydrogens is 502 g/mol. The first-order chi connectivity index (χ1) is 18.1. The van der Waals surface area contributed by atoms with E-state index in [1.807, 2.05) is 74.5 Å². The Morgan fingerprint density at radius 2 is 1.79 bits per heavy atom. The number of rotatable bonds is 11. The maximum absolute atomic E-state index is 13.1. The molecule has 0 unspecified atom stereocenters. The molecule has 0 radical (unpaired) electrons. The van der Waals surface area contributed by atoms with Gasteiger partial charge in [-0.2, -0.15) is 0 Å². The first kappa shape index (κ1) is 27.5. The van der Waals surface area contributed by atoms with Gasteiger partial charge in [-0.25, -0.2) is 0 Å². The van der Waals surface area contributed by atoms with Crippen LogP contribution in [0, 0.1) is 0 Å². The molecule has 0 bridgehead atoms. The van der Waals surface area contributed by atoms with Gasteiger partial charge in [0.1, 0.15) is 23.6 Å². The molecule has 0 aromatic heterocycles. The molecule has 3 aromatic carbocycles. The molecule has 0 fully saturated rings. The zero-order valence-electron chi connectivity index (χ0n) is 22.1. The fraction of sp³-hybridized carbons (Fsp3) is 0.355. The average Bonchev–Trinajstić information content (AvgIpc) is 3.19. The lowest BCUT2D eigenvalue weighted by Gasteiger charge is -2.24. The fourth-order valence-corrected chi connectivity index (χ4v) is 5.00. The molecule has 0 saturated heterocycles. The molecule has 7 heteroatoms. The number of para-hydroxylation sites is 1. The van der Waals surface area contributed by atoms with Crippen molar-refractivity contribution in [2.24, 2.45) is 0 Å². The second kappa shape index (κ2) is 11.9. The van der Waals surface area contributed by atoms with Crippen LogP contribution in [0.1, 0.15) is 49.4 Å². The highest BCUT2D eigenvalue weighted by Crippen LogP contribution is 2.38. The van der Waals surface area contributed by atoms with Crippen molar-refractivity contribution in [1.82, 2.24) is 4.90 Å². The van der Waals surface area contributed by atoms with Gasteiger partial charge in [0.15, 0.2) is 0 Å². The van der Waals surface area contributed by atoms with Gasteiger partial charge in [-0.15, -0.1) is 0 Å². The van der Waals surface area contributed by atoms with E-state index in [0.717, 1.165) is 40.8 Å². The van der Waals surface area contributed by atoms with Crippen LogP contribution in [0.5, 0.6) is 11.5 Å². The van der Waals surface area contributed by atoms with E-state index in [9.17, 15) is 14.7 Å². The number of carboxylic acids is 1. The minimum absolute atomic E-state index is 0.0309. The number of nitrogens with zero attached hydrogens (tertiary/aromatic N) is 1. The number of carbonyl (C=O) groups excluding carboxylic acids is 1. The molecule has 3 aromatic rings. The van der Waals surface area contributed by atoms with Crippen molar-refractivity contribution in [3.63, 3.8) is 0 Å². The Kier molecular flexibility index (Phi) is 8.62. The Bertz CT molecular complexity index is 1290. The van der Waals surface area contributed by atoms with Gasteiger partial charge in [0.05, 0.1) is 6.10 Å². The molecule has 200 valence electrons. The van der Waals surface area contributed by atoms with Gasteiger partial charge in [0, 0.05) is 36.4 Å². The Hall–Kier alpha value is -3.51. The highest BCUT2D eigenvalue weighted by atomic mass is 35.5. The highest BCUT2D eigenvalue weighted by molar-refractivity contribution is 6.30. The van der Waals surface area contributed by atoms with Gasteiger partial charge >= 0.3 is 5.97 Å². The number of amides is 1. The standard InChI is InChI=1S/C31H34ClNO5/c1-21(2)37-27-7-5-4-6-24(27)19-33(20-30(35)36)29(34)15-11-22-10-14-28-25(16-22)18-31(3,38-28)17-23-8-12-26(32)13-9-23/h4-10,12-14,16,21H,11,15,17-20H2,1-3H3,(H,35,36)/t31-/m1/s1. The Labute approximate surface area is 229 Å². The third-order valence-corrected chi connectivity index (χ3v) is 6.79. The van der Waals surface area contributed by atoms with Crippen LogP contribution in [-0.4, -0.2) is 40.1 Å². The molecule has 4 rings (SSSR count). The minimum atomic E-state index is -1.05. The van der Waals surface area contributed by atoms with Gasteiger partial charge in [-0.3, -0.25) is 9.59 Å². The molecule has 0 saturated carbocycles. The first-order valence-electron chi connectivity index (χ1n) is 12.9. The number of aryl methyl sites for hydroxylation is 1. The Morgan fingerprint density at radius 1 is 1.08 bits per heavy atom. The lowest BCUT2D eigenvalue weighted by molar-refractivity contribution is -0.144. The van der Waals surface area contributed by atoms with Crippen LogP contribution in [0.15, 0.2) is 66.7 Å². The fourth-order valence-electron chi connectivity index (χ4n) is 4.88. The van der Waals surface area contributed by atoms with Crippen molar-refractivity contribution < 1.29 is 24.2 Å². The summed E-state index contributed by atoms with van der Waals surface area (Å²) in [5.74, 6) is 0.267. The lowest BCUT2D eigenvalue weighted by Crippen LogP contribution is -2.35. The summed E-state index contributed by atoms with van der Waals surface area (Å²) in [6, 6.07) is 21.3. The van der Waals surface area contributed by atoms with Crippen molar-refractivity contribution >= 4 is 23.5 Å². The van der Waals surface area contributed by atoms with Crippen molar-refractivity contribution in [3.05, 3.63) is 94.0 Å². The van der Waals surface area contributed by atoms with E-state index >= 15 is 0 Å². The van der Waals surface area contributed by atoms with Crippen LogP contribution in [0.3, 0.4) is 0 Å². The average molecular weight is 536 g/mol. The van der Waals surface area contributed by atoms with Gasteiger partial charge in [0.25, 0.3) is 0 Å². The normalized spacial score (nSPS) is 16.1. The number of aliphatic carboxylic acids is 1. The topological polar surface area (TPSA) is 76.1 Å². The van der Waals surface area contributed by atoms with Crippen molar-refractivity contribution in [1.29, 1.82) is 0 Å². The second-order valence-corrected chi connectivity index (χ2v) is 10.8. The number of halogens is 1. The van der Waals surface area contributed by atoms with E-state index in [-0.39, 0.29) is 37.1 Å². The van der Waals surface area contributed by atoms with Crippen LogP contribution in [0.2, 0.25) is 5.02 Å². The third kappa shape index (κ3) is 7.29. The molecule has 38 heavy (non-hydrogen) atoms. The number of hydrogen-bond donors (Lipinski definition) is 1. The van der Waals surface area contributed by atoms with Gasteiger partial charge < -0.3 is 19.5 Å². The molecule has 1 aliphatic rings. The zero-order valence-corrected chi connectivity index (χ0v) is 22.8. The van der Waals surface area contributed by atoms with E-state index in [0.29, 0.717) is 17.2 Å². The molecular formula is C31H34ClNO5. The van der Waals surface area contributed by atoms with Crippen LogP contribution < -0.4 is 9.47 Å². The maximum atomic E-state index is 13.1.